The van der Waals surface area contributed by atoms with Gasteiger partial charge in [0.05, 0.1) is 22.6 Å². The molecule has 1 N–H and O–H groups in total. The average molecular weight is 444 g/mol. The average Bonchev–Trinajstić information content (AvgIpc) is 3.43. The van der Waals surface area contributed by atoms with Crippen molar-refractivity contribution in [2.75, 3.05) is 11.4 Å². The predicted molar refractivity (Wildman–Crippen MR) is 123 cm³/mol. The van der Waals surface area contributed by atoms with Gasteiger partial charge in [-0.3, -0.25) is 9.78 Å². The third-order valence-corrected chi connectivity index (χ3v) is 7.63. The summed E-state index contributed by atoms with van der Waals surface area (Å²) in [6.07, 6.45) is 4.99. The number of carbonyl (C=O) groups is 1. The lowest BCUT2D eigenvalue weighted by Crippen LogP contribution is -2.42. The fourth-order valence-corrected chi connectivity index (χ4v) is 5.40. The molecule has 0 radical (unpaired) electrons. The van der Waals surface area contributed by atoms with Gasteiger partial charge in [0.15, 0.2) is 0 Å². The normalized spacial score (nSPS) is 27.2. The van der Waals surface area contributed by atoms with E-state index in [1.54, 1.807) is 6.20 Å². The van der Waals surface area contributed by atoms with Crippen LogP contribution in [0.5, 0.6) is 0 Å². The molecule has 0 unspecified atom stereocenters. The molecule has 0 spiro atoms. The van der Waals surface area contributed by atoms with Crippen molar-refractivity contribution in [3.8, 4) is 0 Å². The lowest BCUT2D eigenvalue weighted by Gasteiger charge is -2.46. The van der Waals surface area contributed by atoms with E-state index in [1.807, 2.05) is 19.1 Å². The number of fused-ring (bicyclic) bond motifs is 3. The van der Waals surface area contributed by atoms with Crippen LogP contribution < -0.4 is 10.2 Å². The molecule has 6 nitrogen and oxygen atoms in total. The van der Waals surface area contributed by atoms with Crippen LogP contribution in [0.25, 0.3) is 0 Å². The predicted octanol–water partition coefficient (Wildman–Crippen LogP) is 4.63. The lowest BCUT2D eigenvalue weighted by molar-refractivity contribution is 0.0925. The quantitative estimate of drug-likeness (QED) is 0.637. The Morgan fingerprint density at radius 3 is 2.58 bits per heavy atom. The van der Waals surface area contributed by atoms with Crippen molar-refractivity contribution in [3.05, 3.63) is 77.3 Å². The van der Waals surface area contributed by atoms with Crippen molar-refractivity contribution in [2.45, 2.75) is 44.6 Å². The number of carbonyl (C=O) groups excluding carboxylic acids is 1. The van der Waals surface area contributed by atoms with Crippen LogP contribution in [0.4, 0.5) is 15.9 Å². The monoisotopic (exact) mass is 443 g/mol. The van der Waals surface area contributed by atoms with E-state index in [9.17, 15) is 9.18 Å². The van der Waals surface area contributed by atoms with Crippen LogP contribution in [0.3, 0.4) is 0 Å². The van der Waals surface area contributed by atoms with Gasteiger partial charge in [-0.15, -0.1) is 0 Å². The molecule has 0 saturated heterocycles. The maximum atomic E-state index is 13.3. The maximum absolute atomic E-state index is 13.3. The van der Waals surface area contributed by atoms with Gasteiger partial charge in [-0.05, 0) is 80.5 Å². The zero-order valence-corrected chi connectivity index (χ0v) is 18.8. The fraction of sp³-hybridized carbons (Fsp3) is 0.385. The fourth-order valence-electron chi connectivity index (χ4n) is 5.40. The number of pyridine rings is 1. The summed E-state index contributed by atoms with van der Waals surface area (Å²) in [5, 5.41) is 3.21. The van der Waals surface area contributed by atoms with Gasteiger partial charge in [-0.1, -0.05) is 6.92 Å². The third kappa shape index (κ3) is 3.29. The molecule has 0 bridgehead atoms. The molecule has 4 atom stereocenters. The number of nitrogens with one attached hydrogen (secondary N) is 1. The van der Waals surface area contributed by atoms with Crippen LogP contribution in [0.1, 0.15) is 59.7 Å². The molecule has 3 aromatic rings. The topological polar surface area (TPSA) is 71.0 Å². The van der Waals surface area contributed by atoms with E-state index < -0.39 is 5.54 Å². The number of amides is 1. The molecular formula is C26H26FN5O. The number of hydrogen-bond donors (Lipinski definition) is 1. The molecule has 33 heavy (non-hydrogen) atoms. The van der Waals surface area contributed by atoms with Crippen molar-refractivity contribution in [2.24, 2.45) is 11.8 Å². The number of rotatable bonds is 4. The molecule has 168 valence electrons. The van der Waals surface area contributed by atoms with Gasteiger partial charge in [0.25, 0.3) is 5.91 Å². The highest BCUT2D eigenvalue weighted by Gasteiger charge is 2.55. The van der Waals surface area contributed by atoms with Gasteiger partial charge < -0.3 is 10.2 Å². The molecule has 1 aromatic carbocycles. The minimum absolute atomic E-state index is 0.196. The van der Waals surface area contributed by atoms with E-state index >= 15 is 0 Å². The molecule has 3 heterocycles. The van der Waals surface area contributed by atoms with E-state index in [0.29, 0.717) is 17.4 Å². The van der Waals surface area contributed by atoms with E-state index in [1.165, 1.54) is 30.7 Å². The number of anilines is 2. The molecule has 2 aliphatic carbocycles. The number of aromatic nitrogens is 3. The second-order valence-electron chi connectivity index (χ2n) is 9.65. The molecule has 2 fully saturated rings. The Morgan fingerprint density at radius 2 is 1.91 bits per heavy atom. The second-order valence-corrected chi connectivity index (χ2v) is 9.65. The molecule has 2 saturated carbocycles. The van der Waals surface area contributed by atoms with Gasteiger partial charge in [-0.25, -0.2) is 14.4 Å². The molecule has 1 aliphatic heterocycles. The highest BCUT2D eigenvalue weighted by atomic mass is 19.1. The van der Waals surface area contributed by atoms with Crippen molar-refractivity contribution in [3.63, 3.8) is 0 Å². The molecule has 7 heteroatoms. The minimum atomic E-state index is -0.479. The van der Waals surface area contributed by atoms with E-state index in [-0.39, 0.29) is 17.6 Å². The SMILES string of the molecule is Cc1nccc(N2C[C@H]3CC[C@H]3c3nc([C@@]4(NC(=O)c5ccc(F)cc5)C[C@@H]4C)ccc32)n1. The maximum Gasteiger partial charge on any atom is 0.252 e. The molecule has 6 rings (SSSR count). The largest absolute Gasteiger partial charge is 0.341 e. The Labute approximate surface area is 192 Å². The molecular weight excluding hydrogens is 417 g/mol. The van der Waals surface area contributed by atoms with Crippen LogP contribution >= 0.6 is 0 Å². The highest BCUT2D eigenvalue weighted by molar-refractivity contribution is 5.95. The van der Waals surface area contributed by atoms with E-state index in [0.717, 1.165) is 48.1 Å². The first-order valence-corrected chi connectivity index (χ1v) is 11.6. The van der Waals surface area contributed by atoms with E-state index in [4.69, 9.17) is 4.98 Å². The molecule has 1 amide bonds. The van der Waals surface area contributed by atoms with Gasteiger partial charge >= 0.3 is 0 Å². The summed E-state index contributed by atoms with van der Waals surface area (Å²) in [5.41, 5.74) is 3.10. The molecule has 2 aromatic heterocycles. The number of nitrogens with zero attached hydrogens (tertiary/aromatic N) is 4. The number of aryl methyl sites for hydroxylation is 1. The number of benzene rings is 1. The van der Waals surface area contributed by atoms with Crippen molar-refractivity contribution in [1.82, 2.24) is 20.3 Å². The van der Waals surface area contributed by atoms with E-state index in [2.05, 4.69) is 33.2 Å². The number of halogens is 1. The summed E-state index contributed by atoms with van der Waals surface area (Å²) in [4.78, 5) is 29.3. The summed E-state index contributed by atoms with van der Waals surface area (Å²) >= 11 is 0. The Bertz CT molecular complexity index is 1250. The van der Waals surface area contributed by atoms with Crippen LogP contribution in [0.15, 0.2) is 48.7 Å². The Kier molecular flexibility index (Phi) is 4.50. The van der Waals surface area contributed by atoms with Crippen LogP contribution in [0.2, 0.25) is 0 Å². The van der Waals surface area contributed by atoms with Crippen LogP contribution in [0, 0.1) is 24.6 Å². The van der Waals surface area contributed by atoms with Crippen LogP contribution in [-0.4, -0.2) is 27.4 Å². The summed E-state index contributed by atoms with van der Waals surface area (Å²) in [7, 11) is 0. The van der Waals surface area contributed by atoms with Crippen molar-refractivity contribution < 1.29 is 9.18 Å². The first-order chi connectivity index (χ1) is 15.9. The highest BCUT2D eigenvalue weighted by Crippen LogP contribution is 2.55. The molecule has 3 aliphatic rings. The summed E-state index contributed by atoms with van der Waals surface area (Å²) in [5.74, 6) is 2.42. The van der Waals surface area contributed by atoms with Crippen LogP contribution in [-0.2, 0) is 5.54 Å². The lowest BCUT2D eigenvalue weighted by atomic mass is 9.69. The number of hydrogen-bond acceptors (Lipinski definition) is 5. The Hall–Kier alpha value is -3.35. The Morgan fingerprint density at radius 1 is 1.12 bits per heavy atom. The zero-order chi connectivity index (χ0) is 22.7. The second kappa shape index (κ2) is 7.33. The minimum Gasteiger partial charge on any atom is -0.341 e. The summed E-state index contributed by atoms with van der Waals surface area (Å²) in [6, 6.07) is 11.8. The standard InChI is InChI=1S/C26H26FN5O/c1-15-13-26(15,31-25(33)17-3-6-19(27)7-4-17)22-10-9-21-24(30-22)20-8-5-18(20)14-32(21)23-11-12-28-16(2)29-23/h3-4,6-7,9-12,15,18,20H,5,8,13-14H2,1-2H3,(H,31,33)/t15-,18+,20+,26+/m0/s1. The van der Waals surface area contributed by atoms with Gasteiger partial charge in [-0.2, -0.15) is 0 Å². The van der Waals surface area contributed by atoms with Crippen molar-refractivity contribution >= 4 is 17.4 Å². The zero-order valence-electron chi connectivity index (χ0n) is 18.8. The summed E-state index contributed by atoms with van der Waals surface area (Å²) in [6.45, 7) is 4.98. The van der Waals surface area contributed by atoms with Gasteiger partial charge in [0, 0.05) is 24.2 Å². The Balaban J connectivity index is 1.35. The van der Waals surface area contributed by atoms with Gasteiger partial charge in [0.1, 0.15) is 17.5 Å². The smallest absolute Gasteiger partial charge is 0.252 e. The third-order valence-electron chi connectivity index (χ3n) is 7.63. The van der Waals surface area contributed by atoms with Crippen molar-refractivity contribution in [1.29, 1.82) is 0 Å². The van der Waals surface area contributed by atoms with Gasteiger partial charge in [0.2, 0.25) is 0 Å². The summed E-state index contributed by atoms with van der Waals surface area (Å²) < 4.78 is 13.3. The first kappa shape index (κ1) is 20.3. The first-order valence-electron chi connectivity index (χ1n) is 11.6.